The molecule has 16 heavy (non-hydrogen) atoms. The highest BCUT2D eigenvalue weighted by Crippen LogP contribution is 2.22. The summed E-state index contributed by atoms with van der Waals surface area (Å²) in [5.41, 5.74) is 2.33. The van der Waals surface area contributed by atoms with E-state index in [9.17, 15) is 0 Å². The van der Waals surface area contributed by atoms with E-state index in [-0.39, 0.29) is 0 Å². The van der Waals surface area contributed by atoms with Crippen LogP contribution in [0, 0.1) is 0 Å². The van der Waals surface area contributed by atoms with Crippen molar-refractivity contribution in [2.45, 2.75) is 12.8 Å². The topological polar surface area (TPSA) is 12.9 Å². The first-order valence-corrected chi connectivity index (χ1v) is 5.65. The second-order valence-electron chi connectivity index (χ2n) is 4.06. The molecular formula is C15H13N. The maximum Gasteiger partial charge on any atom is 0.0705 e. The van der Waals surface area contributed by atoms with E-state index in [0.717, 1.165) is 18.5 Å². The molecule has 0 aliphatic heterocycles. The molecule has 78 valence electrons. The Kier molecular flexibility index (Phi) is 2.30. The molecule has 1 aromatic carbocycles. The summed E-state index contributed by atoms with van der Waals surface area (Å²) in [6, 6.07) is 10.5. The summed E-state index contributed by atoms with van der Waals surface area (Å²) in [6.07, 6.45) is 10.9. The maximum atomic E-state index is 4.51. The Bertz CT molecular complexity index is 579. The third kappa shape index (κ3) is 1.65. The molecule has 0 bridgehead atoms. The molecule has 3 rings (SSSR count). The van der Waals surface area contributed by atoms with Crippen LogP contribution >= 0.6 is 0 Å². The van der Waals surface area contributed by atoms with Gasteiger partial charge in [0.05, 0.1) is 5.69 Å². The van der Waals surface area contributed by atoms with E-state index >= 15 is 0 Å². The minimum absolute atomic E-state index is 1.08. The third-order valence-corrected chi connectivity index (χ3v) is 2.92. The summed E-state index contributed by atoms with van der Waals surface area (Å²) in [4.78, 5) is 4.51. The van der Waals surface area contributed by atoms with Crippen LogP contribution < -0.4 is 0 Å². The molecule has 0 N–H and O–H groups in total. The highest BCUT2D eigenvalue weighted by molar-refractivity contribution is 5.85. The van der Waals surface area contributed by atoms with Crippen molar-refractivity contribution in [3.63, 3.8) is 0 Å². The van der Waals surface area contributed by atoms with E-state index in [2.05, 4.69) is 47.5 Å². The standard InChI is InChI=1S/C15H13N/c1-2-6-12(7-3-1)15-10-13-8-4-5-9-14(13)11-16-15/h2,4-11H,1,3H2. The van der Waals surface area contributed by atoms with Crippen molar-refractivity contribution in [2.75, 3.05) is 0 Å². The van der Waals surface area contributed by atoms with E-state index in [1.165, 1.54) is 16.3 Å². The van der Waals surface area contributed by atoms with Crippen LogP contribution in [0.5, 0.6) is 0 Å². The molecule has 1 aliphatic carbocycles. The SMILES string of the molecule is C1=CC(c2cc3ccccc3cn2)=CCC1. The first-order valence-electron chi connectivity index (χ1n) is 5.65. The van der Waals surface area contributed by atoms with Gasteiger partial charge in [-0.15, -0.1) is 0 Å². The molecule has 2 aromatic rings. The van der Waals surface area contributed by atoms with E-state index in [1.54, 1.807) is 0 Å². The summed E-state index contributed by atoms with van der Waals surface area (Å²) in [6.45, 7) is 0. The average Bonchev–Trinajstić information content (AvgIpc) is 2.39. The van der Waals surface area contributed by atoms with Gasteiger partial charge in [-0.1, -0.05) is 42.5 Å². The lowest BCUT2D eigenvalue weighted by Crippen LogP contribution is -1.90. The highest BCUT2D eigenvalue weighted by Gasteiger charge is 2.03. The predicted molar refractivity (Wildman–Crippen MR) is 68.1 cm³/mol. The molecule has 1 aliphatic rings. The van der Waals surface area contributed by atoms with Gasteiger partial charge in [0, 0.05) is 11.6 Å². The van der Waals surface area contributed by atoms with E-state index < -0.39 is 0 Å². The van der Waals surface area contributed by atoms with Crippen LogP contribution in [-0.4, -0.2) is 4.98 Å². The lowest BCUT2D eigenvalue weighted by atomic mass is 10.0. The number of rotatable bonds is 1. The zero-order valence-electron chi connectivity index (χ0n) is 9.06. The molecule has 0 saturated carbocycles. The largest absolute Gasteiger partial charge is 0.256 e. The van der Waals surface area contributed by atoms with Crippen molar-refractivity contribution in [1.29, 1.82) is 0 Å². The number of benzene rings is 1. The van der Waals surface area contributed by atoms with Crippen LogP contribution in [0.1, 0.15) is 18.5 Å². The smallest absolute Gasteiger partial charge is 0.0705 e. The summed E-state index contributed by atoms with van der Waals surface area (Å²) in [5.74, 6) is 0. The molecule has 0 radical (unpaired) electrons. The maximum absolute atomic E-state index is 4.51. The monoisotopic (exact) mass is 207 g/mol. The average molecular weight is 207 g/mol. The van der Waals surface area contributed by atoms with Crippen LogP contribution in [0.15, 0.2) is 54.8 Å². The van der Waals surface area contributed by atoms with Crippen LogP contribution in [0.4, 0.5) is 0 Å². The highest BCUT2D eigenvalue weighted by atomic mass is 14.7. The first kappa shape index (κ1) is 9.34. The Morgan fingerprint density at radius 1 is 1.00 bits per heavy atom. The fourth-order valence-electron chi connectivity index (χ4n) is 2.04. The number of nitrogens with zero attached hydrogens (tertiary/aromatic N) is 1. The number of hydrogen-bond donors (Lipinski definition) is 0. The number of fused-ring (bicyclic) bond motifs is 1. The van der Waals surface area contributed by atoms with Crippen LogP contribution in [0.2, 0.25) is 0 Å². The molecule has 0 amide bonds. The van der Waals surface area contributed by atoms with Gasteiger partial charge in [0.1, 0.15) is 0 Å². The lowest BCUT2D eigenvalue weighted by Gasteiger charge is -2.07. The van der Waals surface area contributed by atoms with Crippen LogP contribution in [0.25, 0.3) is 16.3 Å². The normalized spacial score (nSPS) is 15.1. The zero-order valence-corrected chi connectivity index (χ0v) is 9.06. The molecule has 1 heteroatoms. The Balaban J connectivity index is 2.11. The van der Waals surface area contributed by atoms with Gasteiger partial charge < -0.3 is 0 Å². The van der Waals surface area contributed by atoms with Crippen LogP contribution in [-0.2, 0) is 0 Å². The van der Waals surface area contributed by atoms with Gasteiger partial charge in [0.2, 0.25) is 0 Å². The first-order chi connectivity index (χ1) is 7.93. The van der Waals surface area contributed by atoms with Crippen molar-refractivity contribution < 1.29 is 0 Å². The predicted octanol–water partition coefficient (Wildman–Crippen LogP) is 3.97. The van der Waals surface area contributed by atoms with Gasteiger partial charge in [-0.05, 0) is 29.9 Å². The van der Waals surface area contributed by atoms with Gasteiger partial charge in [-0.2, -0.15) is 0 Å². The minimum Gasteiger partial charge on any atom is -0.256 e. The van der Waals surface area contributed by atoms with Crippen molar-refractivity contribution >= 4 is 16.3 Å². The zero-order chi connectivity index (χ0) is 10.8. The fourth-order valence-corrected chi connectivity index (χ4v) is 2.04. The molecule has 1 heterocycles. The fraction of sp³-hybridized carbons (Fsp3) is 0.133. The Morgan fingerprint density at radius 3 is 2.69 bits per heavy atom. The quantitative estimate of drug-likeness (QED) is 0.689. The van der Waals surface area contributed by atoms with Crippen molar-refractivity contribution in [3.8, 4) is 0 Å². The minimum atomic E-state index is 1.08. The summed E-state index contributed by atoms with van der Waals surface area (Å²) in [7, 11) is 0. The lowest BCUT2D eigenvalue weighted by molar-refractivity contribution is 1.04. The molecular weight excluding hydrogens is 194 g/mol. The van der Waals surface area contributed by atoms with Crippen molar-refractivity contribution in [2.24, 2.45) is 0 Å². The molecule has 1 nitrogen and oxygen atoms in total. The molecule has 0 unspecified atom stereocenters. The molecule has 1 aromatic heterocycles. The second-order valence-corrected chi connectivity index (χ2v) is 4.06. The van der Waals surface area contributed by atoms with Crippen LogP contribution in [0.3, 0.4) is 0 Å². The molecule has 0 fully saturated rings. The van der Waals surface area contributed by atoms with E-state index in [1.807, 2.05) is 12.3 Å². The van der Waals surface area contributed by atoms with Gasteiger partial charge in [0.25, 0.3) is 0 Å². The number of aromatic nitrogens is 1. The number of hydrogen-bond acceptors (Lipinski definition) is 1. The van der Waals surface area contributed by atoms with Crippen molar-refractivity contribution in [3.05, 3.63) is 60.5 Å². The summed E-state index contributed by atoms with van der Waals surface area (Å²) >= 11 is 0. The second kappa shape index (κ2) is 3.93. The Labute approximate surface area is 95.1 Å². The van der Waals surface area contributed by atoms with Gasteiger partial charge in [-0.3, -0.25) is 4.98 Å². The van der Waals surface area contributed by atoms with E-state index in [0.29, 0.717) is 0 Å². The molecule has 0 atom stereocenters. The Morgan fingerprint density at radius 2 is 1.88 bits per heavy atom. The van der Waals surface area contributed by atoms with Gasteiger partial charge >= 0.3 is 0 Å². The summed E-state index contributed by atoms with van der Waals surface area (Å²) in [5, 5.41) is 2.46. The van der Waals surface area contributed by atoms with E-state index in [4.69, 9.17) is 0 Å². The number of allylic oxidation sites excluding steroid dienone is 4. The van der Waals surface area contributed by atoms with Gasteiger partial charge in [-0.25, -0.2) is 0 Å². The van der Waals surface area contributed by atoms with Gasteiger partial charge in [0.15, 0.2) is 0 Å². The molecule has 0 saturated heterocycles. The third-order valence-electron chi connectivity index (χ3n) is 2.92. The summed E-state index contributed by atoms with van der Waals surface area (Å²) < 4.78 is 0. The van der Waals surface area contributed by atoms with Crippen molar-refractivity contribution in [1.82, 2.24) is 4.98 Å². The number of pyridine rings is 1. The Hall–Kier alpha value is -1.89. The molecule has 0 spiro atoms.